The maximum Gasteiger partial charge on any atom is 0.0689 e. The Bertz CT molecular complexity index is 429. The largest absolute Gasteiger partial charge is 0.260 e. The maximum absolute atomic E-state index is 4.23. The van der Waals surface area contributed by atoms with Crippen molar-refractivity contribution in [3.63, 3.8) is 0 Å². The molecule has 0 fully saturated rings. The predicted molar refractivity (Wildman–Crippen MR) is 46.8 cm³/mol. The molecule has 0 bridgehead atoms. The van der Waals surface area contributed by atoms with Gasteiger partial charge >= 0.3 is 0 Å². The molecule has 1 aromatic heterocycles. The Kier molecular flexibility index (Phi) is 0.987. The number of benzene rings is 1. The smallest absolute Gasteiger partial charge is 0.0689 e. The average molecular weight is 156 g/mol. The van der Waals surface area contributed by atoms with Crippen LogP contribution in [0.15, 0.2) is 36.5 Å². The summed E-state index contributed by atoms with van der Waals surface area (Å²) in [5, 5.41) is 4.23. The fraction of sp³-hybridized carbons (Fsp3) is 0.100. The summed E-state index contributed by atoms with van der Waals surface area (Å²) in [6.07, 6.45) is 1.85. The van der Waals surface area contributed by atoms with Crippen molar-refractivity contribution in [3.05, 3.63) is 42.1 Å². The van der Waals surface area contributed by atoms with E-state index in [0.717, 1.165) is 6.54 Å². The first kappa shape index (κ1) is 6.00. The molecule has 0 amide bonds. The van der Waals surface area contributed by atoms with Crippen LogP contribution in [0.2, 0.25) is 0 Å². The van der Waals surface area contributed by atoms with E-state index in [2.05, 4.69) is 35.4 Å². The van der Waals surface area contributed by atoms with Gasteiger partial charge < -0.3 is 0 Å². The van der Waals surface area contributed by atoms with Crippen LogP contribution >= 0.6 is 0 Å². The number of rotatable bonds is 0. The van der Waals surface area contributed by atoms with Crippen molar-refractivity contribution in [2.75, 3.05) is 0 Å². The van der Waals surface area contributed by atoms with Crippen molar-refractivity contribution < 1.29 is 0 Å². The van der Waals surface area contributed by atoms with E-state index in [1.807, 2.05) is 10.9 Å². The van der Waals surface area contributed by atoms with Crippen molar-refractivity contribution in [2.24, 2.45) is 0 Å². The highest BCUT2D eigenvalue weighted by Gasteiger charge is 2.16. The summed E-state index contributed by atoms with van der Waals surface area (Å²) in [4.78, 5) is 0. The molecule has 0 atom stereocenters. The first-order valence-electron chi connectivity index (χ1n) is 4.05. The van der Waals surface area contributed by atoms with Crippen molar-refractivity contribution in [1.82, 2.24) is 9.78 Å². The van der Waals surface area contributed by atoms with Gasteiger partial charge in [-0.2, -0.15) is 5.10 Å². The molecule has 0 unspecified atom stereocenters. The zero-order valence-electron chi connectivity index (χ0n) is 6.57. The Morgan fingerprint density at radius 1 is 1.17 bits per heavy atom. The molecule has 2 heterocycles. The number of nitrogens with zero attached hydrogens (tertiary/aromatic N) is 2. The molecular weight excluding hydrogens is 148 g/mol. The van der Waals surface area contributed by atoms with Gasteiger partial charge in [0.1, 0.15) is 0 Å². The summed E-state index contributed by atoms with van der Waals surface area (Å²) >= 11 is 0. The molecule has 58 valence electrons. The van der Waals surface area contributed by atoms with Crippen molar-refractivity contribution in [2.45, 2.75) is 6.54 Å². The summed E-state index contributed by atoms with van der Waals surface area (Å²) < 4.78 is 2.03. The van der Waals surface area contributed by atoms with Gasteiger partial charge in [-0.1, -0.05) is 24.3 Å². The van der Waals surface area contributed by atoms with E-state index in [1.54, 1.807) is 0 Å². The van der Waals surface area contributed by atoms with Gasteiger partial charge in [0.25, 0.3) is 0 Å². The highest BCUT2D eigenvalue weighted by atomic mass is 15.3. The summed E-state index contributed by atoms with van der Waals surface area (Å²) in [5.41, 5.74) is 3.95. The Hall–Kier alpha value is -1.57. The van der Waals surface area contributed by atoms with Crippen LogP contribution in [0.1, 0.15) is 5.56 Å². The molecule has 0 saturated carbocycles. The van der Waals surface area contributed by atoms with E-state index in [9.17, 15) is 0 Å². The third-order valence-corrected chi connectivity index (χ3v) is 2.33. The lowest BCUT2D eigenvalue weighted by atomic mass is 10.1. The maximum atomic E-state index is 4.23. The second-order valence-electron chi connectivity index (χ2n) is 3.03. The van der Waals surface area contributed by atoms with Crippen LogP contribution in [0.5, 0.6) is 0 Å². The second-order valence-corrected chi connectivity index (χ2v) is 3.03. The molecule has 0 radical (unpaired) electrons. The Labute approximate surface area is 70.5 Å². The molecule has 2 aromatic rings. The average Bonchev–Trinajstić information content (AvgIpc) is 2.62. The Morgan fingerprint density at radius 3 is 3.08 bits per heavy atom. The third-order valence-electron chi connectivity index (χ3n) is 2.33. The SMILES string of the molecule is c1ccc2c(c1)Cn1nccc1-2. The quantitative estimate of drug-likeness (QED) is 0.486. The zero-order valence-corrected chi connectivity index (χ0v) is 6.57. The van der Waals surface area contributed by atoms with Gasteiger partial charge in [0.15, 0.2) is 0 Å². The Morgan fingerprint density at radius 2 is 2.08 bits per heavy atom. The minimum atomic E-state index is 0.929. The highest BCUT2D eigenvalue weighted by molar-refractivity contribution is 5.67. The van der Waals surface area contributed by atoms with Crippen LogP contribution in [0.25, 0.3) is 11.3 Å². The Balaban J connectivity index is 2.34. The van der Waals surface area contributed by atoms with Crippen LogP contribution < -0.4 is 0 Å². The van der Waals surface area contributed by atoms with E-state index in [-0.39, 0.29) is 0 Å². The molecule has 0 spiro atoms. The standard InChI is InChI=1S/C10H8N2/c1-2-4-9-8(3-1)7-12-10(9)5-6-11-12/h1-6H,7H2. The molecule has 3 rings (SSSR count). The summed E-state index contributed by atoms with van der Waals surface area (Å²) in [6.45, 7) is 0.929. The van der Waals surface area contributed by atoms with E-state index < -0.39 is 0 Å². The molecule has 1 aliphatic heterocycles. The predicted octanol–water partition coefficient (Wildman–Crippen LogP) is 1.91. The van der Waals surface area contributed by atoms with Gasteiger partial charge in [0.2, 0.25) is 0 Å². The number of hydrogen-bond donors (Lipinski definition) is 0. The van der Waals surface area contributed by atoms with E-state index in [0.29, 0.717) is 0 Å². The minimum Gasteiger partial charge on any atom is -0.260 e. The molecule has 2 heteroatoms. The van der Waals surface area contributed by atoms with E-state index in [4.69, 9.17) is 0 Å². The zero-order chi connectivity index (χ0) is 7.97. The molecule has 0 N–H and O–H groups in total. The summed E-state index contributed by atoms with van der Waals surface area (Å²) in [7, 11) is 0. The molecule has 0 aliphatic carbocycles. The van der Waals surface area contributed by atoms with Crippen molar-refractivity contribution in [3.8, 4) is 11.3 Å². The van der Waals surface area contributed by atoms with Crippen LogP contribution in [-0.4, -0.2) is 9.78 Å². The first-order chi connectivity index (χ1) is 5.95. The topological polar surface area (TPSA) is 17.8 Å². The van der Waals surface area contributed by atoms with E-state index in [1.165, 1.54) is 16.8 Å². The summed E-state index contributed by atoms with van der Waals surface area (Å²) in [6, 6.07) is 10.5. The van der Waals surface area contributed by atoms with Gasteiger partial charge in [-0.05, 0) is 11.6 Å². The van der Waals surface area contributed by atoms with Gasteiger partial charge in [-0.15, -0.1) is 0 Å². The highest BCUT2D eigenvalue weighted by Crippen LogP contribution is 2.29. The van der Waals surface area contributed by atoms with Gasteiger partial charge in [0.05, 0.1) is 12.2 Å². The van der Waals surface area contributed by atoms with E-state index >= 15 is 0 Å². The van der Waals surface area contributed by atoms with Gasteiger partial charge in [0, 0.05) is 11.8 Å². The first-order valence-corrected chi connectivity index (χ1v) is 4.05. The number of hydrogen-bond acceptors (Lipinski definition) is 1. The van der Waals surface area contributed by atoms with Crippen LogP contribution in [0.3, 0.4) is 0 Å². The van der Waals surface area contributed by atoms with Crippen molar-refractivity contribution in [1.29, 1.82) is 0 Å². The molecule has 2 nitrogen and oxygen atoms in total. The lowest BCUT2D eigenvalue weighted by Gasteiger charge is -1.93. The number of aromatic nitrogens is 2. The molecule has 12 heavy (non-hydrogen) atoms. The molecular formula is C10H8N2. The normalized spacial score (nSPS) is 12.7. The lowest BCUT2D eigenvalue weighted by molar-refractivity contribution is 0.720. The van der Waals surface area contributed by atoms with Crippen LogP contribution in [0, 0.1) is 0 Å². The van der Waals surface area contributed by atoms with Crippen LogP contribution in [-0.2, 0) is 6.54 Å². The fourth-order valence-corrected chi connectivity index (χ4v) is 1.76. The second kappa shape index (κ2) is 1.97. The number of fused-ring (bicyclic) bond motifs is 3. The fourth-order valence-electron chi connectivity index (χ4n) is 1.76. The van der Waals surface area contributed by atoms with Gasteiger partial charge in [-0.3, -0.25) is 4.68 Å². The monoisotopic (exact) mass is 156 g/mol. The molecule has 1 aromatic carbocycles. The van der Waals surface area contributed by atoms with Crippen molar-refractivity contribution >= 4 is 0 Å². The van der Waals surface area contributed by atoms with Crippen LogP contribution in [0.4, 0.5) is 0 Å². The lowest BCUT2D eigenvalue weighted by Crippen LogP contribution is -1.93. The van der Waals surface area contributed by atoms with Gasteiger partial charge in [-0.25, -0.2) is 0 Å². The molecule has 1 aliphatic rings. The minimum absolute atomic E-state index is 0.929. The third kappa shape index (κ3) is 0.619. The summed E-state index contributed by atoms with van der Waals surface area (Å²) in [5.74, 6) is 0. The molecule has 0 saturated heterocycles.